The lowest BCUT2D eigenvalue weighted by Crippen LogP contribution is -2.36. The second-order valence-electron chi connectivity index (χ2n) is 5.38. The molecular weight excluding hydrogens is 346 g/mol. The van der Waals surface area contributed by atoms with Gasteiger partial charge < -0.3 is 31.5 Å². The number of aromatic nitrogens is 3. The van der Waals surface area contributed by atoms with Crippen LogP contribution in [0.1, 0.15) is 16.6 Å². The van der Waals surface area contributed by atoms with Crippen LogP contribution in [-0.4, -0.2) is 60.7 Å². The minimum absolute atomic E-state index is 0.0537. The molecule has 2 aromatic rings. The Balaban J connectivity index is 0.000000228. The minimum Gasteiger partial charge on any atom is -0.394 e. The summed E-state index contributed by atoms with van der Waals surface area (Å²) in [5.41, 5.74) is 10.0. The molecule has 1 aliphatic heterocycles. The molecule has 3 heterocycles. The molecule has 1 aliphatic rings. The molecule has 4 atom stereocenters. The fourth-order valence-corrected chi connectivity index (χ4v) is 2.24. The number of hydrogen-bond donors (Lipinski definition) is 5. The van der Waals surface area contributed by atoms with Crippen LogP contribution in [0, 0.1) is 0 Å². The van der Waals surface area contributed by atoms with Gasteiger partial charge in [-0.1, -0.05) is 0 Å². The molecule has 11 nitrogen and oxygen atoms in total. The molecule has 26 heavy (non-hydrogen) atoms. The zero-order chi connectivity index (χ0) is 19.3. The summed E-state index contributed by atoms with van der Waals surface area (Å²) in [6.07, 6.45) is -0.244. The first-order valence-corrected chi connectivity index (χ1v) is 7.52. The monoisotopic (exact) mass is 365 g/mol. The molecule has 1 fully saturated rings. The van der Waals surface area contributed by atoms with Crippen molar-refractivity contribution in [1.82, 2.24) is 14.5 Å². The normalized spacial score (nSPS) is 24.6. The Morgan fingerprint density at radius 2 is 2.04 bits per heavy atom. The van der Waals surface area contributed by atoms with Crippen molar-refractivity contribution >= 4 is 11.7 Å². The number of carbonyl (C=O) groups is 1. The van der Waals surface area contributed by atoms with Crippen molar-refractivity contribution in [3.8, 4) is 0 Å². The van der Waals surface area contributed by atoms with Crippen LogP contribution in [0.2, 0.25) is 0 Å². The van der Waals surface area contributed by atoms with Crippen LogP contribution in [-0.2, 0) is 4.74 Å². The Hall–Kier alpha value is -2.86. The van der Waals surface area contributed by atoms with Crippen LogP contribution in [0.5, 0.6) is 0 Å². The predicted molar refractivity (Wildman–Crippen MR) is 88.7 cm³/mol. The van der Waals surface area contributed by atoms with Crippen molar-refractivity contribution in [3.05, 3.63) is 52.8 Å². The highest BCUT2D eigenvalue weighted by molar-refractivity contribution is 5.92. The van der Waals surface area contributed by atoms with Gasteiger partial charge in [-0.25, -0.2) is 4.79 Å². The maximum absolute atomic E-state index is 11.5. The van der Waals surface area contributed by atoms with Crippen LogP contribution < -0.4 is 17.2 Å². The number of hydrogen-bond acceptors (Lipinski definition) is 9. The molecule has 0 aliphatic carbocycles. The van der Waals surface area contributed by atoms with Gasteiger partial charge in [0.25, 0.3) is 0 Å². The van der Waals surface area contributed by atoms with E-state index in [9.17, 15) is 19.8 Å². The topological polar surface area (TPSA) is 187 Å². The molecule has 3 rings (SSSR count). The van der Waals surface area contributed by atoms with Crippen LogP contribution >= 0.6 is 0 Å². The van der Waals surface area contributed by atoms with Gasteiger partial charge in [0, 0.05) is 18.6 Å². The average molecular weight is 365 g/mol. The number of amides is 1. The van der Waals surface area contributed by atoms with E-state index in [1.807, 2.05) is 0 Å². The predicted octanol–water partition coefficient (Wildman–Crippen LogP) is -2.38. The number of nitrogens with zero attached hydrogens (tertiary/aromatic N) is 3. The highest BCUT2D eigenvalue weighted by Crippen LogP contribution is 2.27. The van der Waals surface area contributed by atoms with E-state index in [-0.39, 0.29) is 5.82 Å². The van der Waals surface area contributed by atoms with Gasteiger partial charge in [0.2, 0.25) is 5.91 Å². The van der Waals surface area contributed by atoms with Gasteiger partial charge in [-0.15, -0.1) is 0 Å². The van der Waals surface area contributed by atoms with Crippen LogP contribution in [0.15, 0.2) is 41.6 Å². The molecule has 0 spiro atoms. The second kappa shape index (κ2) is 8.49. The number of pyridine rings is 1. The molecular formula is C15H19N5O6. The van der Waals surface area contributed by atoms with Crippen LogP contribution in [0.3, 0.4) is 0 Å². The molecule has 7 N–H and O–H groups in total. The fraction of sp³-hybridized carbons (Fsp3) is 0.333. The quantitative estimate of drug-likeness (QED) is 0.395. The molecule has 140 valence electrons. The lowest BCUT2D eigenvalue weighted by molar-refractivity contribution is -0.0549. The van der Waals surface area contributed by atoms with E-state index >= 15 is 0 Å². The van der Waals surface area contributed by atoms with Crippen LogP contribution in [0.25, 0.3) is 0 Å². The average Bonchev–Trinajstić information content (AvgIpc) is 2.91. The summed E-state index contributed by atoms with van der Waals surface area (Å²) in [5.74, 6) is -0.388. The van der Waals surface area contributed by atoms with Gasteiger partial charge in [0.15, 0.2) is 6.23 Å². The van der Waals surface area contributed by atoms with Gasteiger partial charge in [-0.2, -0.15) is 4.98 Å². The molecule has 0 radical (unpaired) electrons. The second-order valence-corrected chi connectivity index (χ2v) is 5.38. The summed E-state index contributed by atoms with van der Waals surface area (Å²) in [4.78, 5) is 29.1. The van der Waals surface area contributed by atoms with Crippen molar-refractivity contribution in [2.75, 3.05) is 12.3 Å². The Morgan fingerprint density at radius 1 is 1.31 bits per heavy atom. The van der Waals surface area contributed by atoms with E-state index in [1.165, 1.54) is 18.5 Å². The van der Waals surface area contributed by atoms with E-state index in [1.54, 1.807) is 18.3 Å². The standard InChI is InChI=1S/C9H13N3O5.C6H6N2O/c10-5-1-2-12(9(16)11-5)8-7(15)6(14)4(3-13)17-8;7-6(9)5-2-1-3-8-4-5/h1-2,4,6-8,13-15H,3H2,(H2,10,11,16);1-4H,(H2,7,9)/t4-,6-,7-,8-;/m1./s1. The molecule has 1 amide bonds. The molecule has 11 heteroatoms. The number of carbonyl (C=O) groups excluding carboxylic acids is 1. The van der Waals surface area contributed by atoms with E-state index in [0.717, 1.165) is 4.57 Å². The highest BCUT2D eigenvalue weighted by atomic mass is 16.6. The lowest BCUT2D eigenvalue weighted by atomic mass is 10.1. The van der Waals surface area contributed by atoms with Crippen molar-refractivity contribution in [2.24, 2.45) is 5.73 Å². The Morgan fingerprint density at radius 3 is 2.50 bits per heavy atom. The summed E-state index contributed by atoms with van der Waals surface area (Å²) >= 11 is 0. The molecule has 0 bridgehead atoms. The molecule has 1 saturated heterocycles. The summed E-state index contributed by atoms with van der Waals surface area (Å²) in [5, 5.41) is 28.2. The number of rotatable bonds is 3. The number of nitrogens with two attached hydrogens (primary N) is 2. The third kappa shape index (κ3) is 4.40. The Labute approximate surface area is 147 Å². The smallest absolute Gasteiger partial charge is 0.351 e. The summed E-state index contributed by atoms with van der Waals surface area (Å²) in [6.45, 7) is -0.453. The first kappa shape index (κ1) is 19.5. The number of ether oxygens (including phenoxy) is 1. The van der Waals surface area contributed by atoms with Crippen molar-refractivity contribution < 1.29 is 24.9 Å². The van der Waals surface area contributed by atoms with E-state index in [4.69, 9.17) is 21.3 Å². The molecule has 2 aromatic heterocycles. The van der Waals surface area contributed by atoms with Gasteiger partial charge in [-0.05, 0) is 18.2 Å². The van der Waals surface area contributed by atoms with Gasteiger partial charge >= 0.3 is 5.69 Å². The van der Waals surface area contributed by atoms with E-state index in [0.29, 0.717) is 5.56 Å². The highest BCUT2D eigenvalue weighted by Gasteiger charge is 2.43. The van der Waals surface area contributed by atoms with Gasteiger partial charge in [0.1, 0.15) is 24.1 Å². The zero-order valence-corrected chi connectivity index (χ0v) is 13.5. The summed E-state index contributed by atoms with van der Waals surface area (Å²) in [6, 6.07) is 4.66. The Bertz CT molecular complexity index is 799. The third-order valence-electron chi connectivity index (χ3n) is 3.59. The Kier molecular flexibility index (Phi) is 6.36. The lowest BCUT2D eigenvalue weighted by Gasteiger charge is -2.16. The minimum atomic E-state index is -1.31. The third-order valence-corrected chi connectivity index (χ3v) is 3.59. The number of aliphatic hydroxyl groups excluding tert-OH is 3. The maximum atomic E-state index is 11.5. The van der Waals surface area contributed by atoms with E-state index in [2.05, 4.69) is 9.97 Å². The largest absolute Gasteiger partial charge is 0.394 e. The number of primary amides is 1. The van der Waals surface area contributed by atoms with Crippen molar-refractivity contribution in [1.29, 1.82) is 0 Å². The maximum Gasteiger partial charge on any atom is 0.351 e. The van der Waals surface area contributed by atoms with E-state index < -0.39 is 42.7 Å². The number of anilines is 1. The zero-order valence-electron chi connectivity index (χ0n) is 13.5. The van der Waals surface area contributed by atoms with Gasteiger partial charge in [0.05, 0.1) is 12.2 Å². The fourth-order valence-electron chi connectivity index (χ4n) is 2.24. The van der Waals surface area contributed by atoms with Crippen molar-refractivity contribution in [3.63, 3.8) is 0 Å². The molecule has 0 saturated carbocycles. The van der Waals surface area contributed by atoms with Gasteiger partial charge in [-0.3, -0.25) is 14.3 Å². The van der Waals surface area contributed by atoms with Crippen LogP contribution in [0.4, 0.5) is 5.82 Å². The number of aliphatic hydroxyl groups is 3. The molecule has 0 unspecified atom stereocenters. The number of nitrogen functional groups attached to an aromatic ring is 1. The van der Waals surface area contributed by atoms with Crippen molar-refractivity contribution in [2.45, 2.75) is 24.5 Å². The first-order valence-electron chi connectivity index (χ1n) is 7.52. The first-order chi connectivity index (χ1) is 12.3. The molecule has 0 aromatic carbocycles. The SMILES string of the molecule is NC(=O)c1cccnc1.Nc1ccn([C@@H]2O[C@H](CO)[C@@H](O)[C@H]2O)c(=O)n1. The summed E-state index contributed by atoms with van der Waals surface area (Å²) in [7, 11) is 0. The summed E-state index contributed by atoms with van der Waals surface area (Å²) < 4.78 is 6.19.